The highest BCUT2D eigenvalue weighted by Gasteiger charge is 2.37. The predicted octanol–water partition coefficient (Wildman–Crippen LogP) is 15.4. The minimum Gasteiger partial charge on any atom is -0.308 e. The Morgan fingerprint density at radius 3 is 1.43 bits per heavy atom. The van der Waals surface area contributed by atoms with Crippen molar-refractivity contribution < 1.29 is 13.2 Å². The molecule has 12 aromatic rings. The summed E-state index contributed by atoms with van der Waals surface area (Å²) in [5.74, 6) is 0.680. The fourth-order valence-corrected chi connectivity index (χ4v) is 11.1. The van der Waals surface area contributed by atoms with E-state index in [-0.39, 0.29) is 28.7 Å². The van der Waals surface area contributed by atoms with Crippen molar-refractivity contribution in [3.8, 4) is 40.1 Å². The van der Waals surface area contributed by atoms with E-state index in [9.17, 15) is 0 Å². The molecule has 0 aliphatic heterocycles. The maximum atomic E-state index is 15.2. The molecule has 8 aromatic carbocycles. The van der Waals surface area contributed by atoms with E-state index < -0.39 is 11.7 Å². The van der Waals surface area contributed by atoms with Gasteiger partial charge >= 0.3 is 6.18 Å². The summed E-state index contributed by atoms with van der Waals surface area (Å²) in [5.41, 5.74) is 14.0. The topological polar surface area (TPSA) is 53.5 Å². The van der Waals surface area contributed by atoms with Crippen LogP contribution in [0, 0.1) is 27.7 Å². The second-order valence-corrected chi connectivity index (χ2v) is 19.2. The number of para-hydroxylation sites is 1. The molecule has 68 heavy (non-hydrogen) atoms. The lowest BCUT2D eigenvalue weighted by atomic mass is 9.82. The molecule has 13 rings (SSSR count). The van der Waals surface area contributed by atoms with Gasteiger partial charge in [0.25, 0.3) is 0 Å². The summed E-state index contributed by atoms with van der Waals surface area (Å²) in [5, 5.41) is 6.09. The summed E-state index contributed by atoms with van der Waals surface area (Å²) in [6, 6.07) is 50.3. The lowest BCUT2D eigenvalue weighted by molar-refractivity contribution is -0.137. The highest BCUT2D eigenvalue weighted by atomic mass is 19.4. The van der Waals surface area contributed by atoms with Crippen LogP contribution in [0.25, 0.3) is 106 Å². The number of benzene rings is 8. The lowest BCUT2D eigenvalue weighted by Crippen LogP contribution is -2.15. The number of halogens is 3. The summed E-state index contributed by atoms with van der Waals surface area (Å²) in [6.07, 6.45) is -4.66. The highest BCUT2D eigenvalue weighted by Crippen LogP contribution is 2.51. The summed E-state index contributed by atoms with van der Waals surface area (Å²) in [7, 11) is 0. The van der Waals surface area contributed by atoms with Crippen LogP contribution in [0.1, 0.15) is 52.8 Å². The van der Waals surface area contributed by atoms with Gasteiger partial charge in [0, 0.05) is 43.3 Å². The van der Waals surface area contributed by atoms with E-state index in [0.717, 1.165) is 98.8 Å². The van der Waals surface area contributed by atoms with Gasteiger partial charge in [-0.05, 0) is 135 Å². The molecule has 0 amide bonds. The van der Waals surface area contributed by atoms with E-state index in [2.05, 4.69) is 161 Å². The van der Waals surface area contributed by atoms with Crippen molar-refractivity contribution in [1.29, 1.82) is 0 Å². The minimum absolute atomic E-state index is 0.106. The number of hydrogen-bond acceptors (Lipinski definition) is 3. The smallest absolute Gasteiger partial charge is 0.308 e. The number of nitrogens with zero attached hydrogens (tertiary/aromatic N) is 6. The Morgan fingerprint density at radius 1 is 0.397 bits per heavy atom. The van der Waals surface area contributed by atoms with Crippen LogP contribution in [0.15, 0.2) is 152 Å². The van der Waals surface area contributed by atoms with Crippen LogP contribution in [-0.2, 0) is 11.6 Å². The number of fused-ring (bicyclic) bond motifs is 12. The van der Waals surface area contributed by atoms with Gasteiger partial charge in [0.05, 0.1) is 44.4 Å². The second-order valence-electron chi connectivity index (χ2n) is 19.2. The lowest BCUT2D eigenvalue weighted by Gasteiger charge is -2.22. The molecule has 9 heteroatoms. The van der Waals surface area contributed by atoms with Crippen LogP contribution >= 0.6 is 0 Å². The number of hydrogen-bond donors (Lipinski definition) is 0. The number of aryl methyl sites for hydroxylation is 4. The molecule has 4 heterocycles. The molecule has 0 atom stereocenters. The van der Waals surface area contributed by atoms with Gasteiger partial charge in [0.15, 0.2) is 5.82 Å². The van der Waals surface area contributed by atoms with Crippen molar-refractivity contribution in [2.45, 2.75) is 53.1 Å². The monoisotopic (exact) mass is 892 g/mol. The van der Waals surface area contributed by atoms with Crippen molar-refractivity contribution in [2.75, 3.05) is 0 Å². The number of alkyl halides is 3. The molecular weight excluding hydrogens is 850 g/mol. The maximum Gasteiger partial charge on any atom is 0.416 e. The van der Waals surface area contributed by atoms with Crippen molar-refractivity contribution in [3.63, 3.8) is 0 Å². The molecule has 330 valence electrons. The van der Waals surface area contributed by atoms with E-state index in [1.807, 2.05) is 27.3 Å². The van der Waals surface area contributed by atoms with Crippen LogP contribution in [0.2, 0.25) is 0 Å². The van der Waals surface area contributed by atoms with Gasteiger partial charge < -0.3 is 4.57 Å². The van der Waals surface area contributed by atoms with E-state index >= 15 is 13.2 Å². The van der Waals surface area contributed by atoms with Crippen LogP contribution < -0.4 is 0 Å². The third-order valence-corrected chi connectivity index (χ3v) is 14.3. The Morgan fingerprint density at radius 2 is 0.882 bits per heavy atom. The molecule has 4 aromatic heterocycles. The van der Waals surface area contributed by atoms with Gasteiger partial charge in [-0.15, -0.1) is 0 Å². The van der Waals surface area contributed by atoms with Crippen molar-refractivity contribution in [1.82, 2.24) is 28.7 Å². The summed E-state index contributed by atoms with van der Waals surface area (Å²) in [4.78, 5) is 15.9. The first-order valence-corrected chi connectivity index (χ1v) is 22.9. The van der Waals surface area contributed by atoms with E-state index in [4.69, 9.17) is 15.0 Å². The van der Waals surface area contributed by atoms with Gasteiger partial charge in [0.2, 0.25) is 11.9 Å². The van der Waals surface area contributed by atoms with Crippen molar-refractivity contribution >= 4 is 65.4 Å². The first-order valence-electron chi connectivity index (χ1n) is 22.9. The molecule has 1 aliphatic carbocycles. The second kappa shape index (κ2) is 14.0. The standard InChI is InChI=1S/C59H43F3N6/c1-32-15-20-49-40(25-32)41-26-33(2)16-21-50(41)67(49)56-63-55(64-57(65-56)68-51-22-17-34(3)27-42(51)43-28-35(4)18-23-52(43)68)45-29-36(59(60,61)62)19-24-53(45)66-48-14-10-8-12-38(48)44-30-39-37-11-7-9-13-46(37)58(5,6)47(39)31-54(44)66/h7-31H,1-6H3. The average molecular weight is 893 g/mol. The zero-order valence-corrected chi connectivity index (χ0v) is 38.3. The van der Waals surface area contributed by atoms with Gasteiger partial charge in [0.1, 0.15) is 0 Å². The molecular formula is C59H43F3N6. The summed E-state index contributed by atoms with van der Waals surface area (Å²) >= 11 is 0. The molecule has 0 radical (unpaired) electrons. The molecule has 0 N–H and O–H groups in total. The zero-order chi connectivity index (χ0) is 46.5. The van der Waals surface area contributed by atoms with Crippen molar-refractivity contribution in [3.05, 3.63) is 191 Å². The Balaban J connectivity index is 1.17. The van der Waals surface area contributed by atoms with Gasteiger partial charge in [-0.2, -0.15) is 28.1 Å². The van der Waals surface area contributed by atoms with Crippen LogP contribution in [0.5, 0.6) is 0 Å². The molecule has 0 spiro atoms. The SMILES string of the molecule is Cc1ccc2c(c1)c1cc(C)ccc1n2-c1nc(-c2cc(C(F)(F)F)ccc2-n2c3ccccc3c3cc4c(cc32)C(C)(C)c2ccccc2-4)nc(-n2c3ccc(C)cc3c3cc(C)ccc32)n1. The first kappa shape index (κ1) is 40.3. The van der Waals surface area contributed by atoms with Gasteiger partial charge in [-0.25, -0.2) is 0 Å². The zero-order valence-electron chi connectivity index (χ0n) is 38.3. The van der Waals surface area contributed by atoms with E-state index in [1.165, 1.54) is 23.3 Å². The number of rotatable bonds is 4. The van der Waals surface area contributed by atoms with E-state index in [0.29, 0.717) is 5.69 Å². The normalized spacial score (nSPS) is 13.5. The maximum absolute atomic E-state index is 15.2. The summed E-state index contributed by atoms with van der Waals surface area (Å²) in [6.45, 7) is 12.8. The molecule has 0 saturated heterocycles. The van der Waals surface area contributed by atoms with Gasteiger partial charge in [-0.3, -0.25) is 9.13 Å². The molecule has 0 fully saturated rings. The van der Waals surface area contributed by atoms with Crippen LogP contribution in [0.4, 0.5) is 13.2 Å². The highest BCUT2D eigenvalue weighted by molar-refractivity contribution is 6.13. The fourth-order valence-electron chi connectivity index (χ4n) is 11.1. The minimum atomic E-state index is -4.66. The molecule has 0 saturated carbocycles. The Bertz CT molecular complexity index is 3900. The quantitative estimate of drug-likeness (QED) is 0.177. The molecule has 0 unspecified atom stereocenters. The summed E-state index contributed by atoms with van der Waals surface area (Å²) < 4.78 is 51.7. The number of aromatic nitrogens is 6. The Labute approximate surface area is 389 Å². The average Bonchev–Trinajstić information content (AvgIpc) is 4.00. The van der Waals surface area contributed by atoms with Crippen LogP contribution in [-0.4, -0.2) is 28.7 Å². The Kier molecular flexibility index (Phi) is 8.29. The van der Waals surface area contributed by atoms with E-state index in [1.54, 1.807) is 6.07 Å². The molecule has 6 nitrogen and oxygen atoms in total. The van der Waals surface area contributed by atoms with Crippen LogP contribution in [0.3, 0.4) is 0 Å². The molecule has 0 bridgehead atoms. The predicted molar refractivity (Wildman–Crippen MR) is 270 cm³/mol. The van der Waals surface area contributed by atoms with Crippen molar-refractivity contribution in [2.24, 2.45) is 0 Å². The fraction of sp³-hybridized carbons (Fsp3) is 0.136. The van der Waals surface area contributed by atoms with Gasteiger partial charge in [-0.1, -0.05) is 103 Å². The first-order chi connectivity index (χ1) is 32.7. The Hall–Kier alpha value is -8.04. The largest absolute Gasteiger partial charge is 0.416 e. The molecule has 1 aliphatic rings. The third-order valence-electron chi connectivity index (χ3n) is 14.3. The third kappa shape index (κ3) is 5.74.